The third-order valence-corrected chi connectivity index (χ3v) is 3.23. The van der Waals surface area contributed by atoms with Crippen LogP contribution in [0.4, 0.5) is 5.69 Å². The van der Waals surface area contributed by atoms with Crippen LogP contribution < -0.4 is 5.32 Å². The van der Waals surface area contributed by atoms with Crippen LogP contribution in [0.2, 0.25) is 0 Å². The summed E-state index contributed by atoms with van der Waals surface area (Å²) in [5, 5.41) is 2.82. The molecule has 0 unspecified atom stereocenters. The zero-order valence-electron chi connectivity index (χ0n) is 13.2. The van der Waals surface area contributed by atoms with Crippen LogP contribution >= 0.6 is 0 Å². The number of hydrogen-bond acceptors (Lipinski definition) is 3. The van der Waals surface area contributed by atoms with Crippen LogP contribution in [0.3, 0.4) is 0 Å². The number of hydrogen-bond donors (Lipinski definition) is 1. The molecule has 0 aliphatic heterocycles. The number of nitrogens with one attached hydrogen (secondary N) is 1. The SMILES string of the molecule is C/C=C/C(=O)O[C@@H](C)C(=O)Nc1ccccc1-c1ccccc1. The van der Waals surface area contributed by atoms with E-state index in [-0.39, 0.29) is 5.91 Å². The Morgan fingerprint density at radius 3 is 2.39 bits per heavy atom. The van der Waals surface area contributed by atoms with E-state index in [2.05, 4.69) is 5.32 Å². The Morgan fingerprint density at radius 2 is 1.70 bits per heavy atom. The van der Waals surface area contributed by atoms with Crippen LogP contribution in [0.15, 0.2) is 66.7 Å². The van der Waals surface area contributed by atoms with Crippen molar-refractivity contribution in [3.63, 3.8) is 0 Å². The molecule has 23 heavy (non-hydrogen) atoms. The predicted octanol–water partition coefficient (Wildman–Crippen LogP) is 3.80. The summed E-state index contributed by atoms with van der Waals surface area (Å²) < 4.78 is 5.03. The number of ether oxygens (including phenoxy) is 1. The van der Waals surface area contributed by atoms with Gasteiger partial charge in [0.25, 0.3) is 5.91 Å². The fourth-order valence-electron chi connectivity index (χ4n) is 2.10. The molecule has 2 aromatic carbocycles. The Hall–Kier alpha value is -2.88. The summed E-state index contributed by atoms with van der Waals surface area (Å²) in [6.45, 7) is 3.25. The number of para-hydroxylation sites is 1. The van der Waals surface area contributed by atoms with Crippen molar-refractivity contribution in [2.24, 2.45) is 0 Å². The highest BCUT2D eigenvalue weighted by Crippen LogP contribution is 2.27. The summed E-state index contributed by atoms with van der Waals surface area (Å²) in [7, 11) is 0. The molecule has 1 atom stereocenters. The van der Waals surface area contributed by atoms with Gasteiger partial charge in [-0.15, -0.1) is 0 Å². The lowest BCUT2D eigenvalue weighted by Gasteiger charge is -2.15. The third kappa shape index (κ3) is 4.54. The number of amides is 1. The van der Waals surface area contributed by atoms with E-state index in [9.17, 15) is 9.59 Å². The zero-order valence-corrected chi connectivity index (χ0v) is 13.2. The number of carbonyl (C=O) groups excluding carboxylic acids is 2. The number of allylic oxidation sites excluding steroid dienone is 1. The lowest BCUT2D eigenvalue weighted by atomic mass is 10.0. The van der Waals surface area contributed by atoms with Crippen molar-refractivity contribution in [2.75, 3.05) is 5.32 Å². The number of rotatable bonds is 5. The first-order valence-corrected chi connectivity index (χ1v) is 7.40. The molecule has 0 radical (unpaired) electrons. The lowest BCUT2D eigenvalue weighted by molar-refractivity contribution is -0.148. The first-order chi connectivity index (χ1) is 11.1. The van der Waals surface area contributed by atoms with Gasteiger partial charge in [-0.05, 0) is 25.5 Å². The van der Waals surface area contributed by atoms with Crippen LogP contribution in [0.5, 0.6) is 0 Å². The Kier molecular flexibility index (Phi) is 5.69. The van der Waals surface area contributed by atoms with Gasteiger partial charge in [0, 0.05) is 17.3 Å². The van der Waals surface area contributed by atoms with E-state index in [4.69, 9.17) is 4.74 Å². The number of anilines is 1. The number of esters is 1. The molecule has 0 aliphatic carbocycles. The highest BCUT2D eigenvalue weighted by Gasteiger charge is 2.17. The van der Waals surface area contributed by atoms with E-state index >= 15 is 0 Å². The summed E-state index contributed by atoms with van der Waals surface area (Å²) in [6.07, 6.45) is 1.97. The van der Waals surface area contributed by atoms with Gasteiger partial charge >= 0.3 is 5.97 Å². The van der Waals surface area contributed by atoms with Crippen LogP contribution in [-0.2, 0) is 14.3 Å². The van der Waals surface area contributed by atoms with E-state index in [0.717, 1.165) is 11.1 Å². The van der Waals surface area contributed by atoms with Gasteiger partial charge in [-0.2, -0.15) is 0 Å². The maximum Gasteiger partial charge on any atom is 0.331 e. The fraction of sp³-hybridized carbons (Fsp3) is 0.158. The van der Waals surface area contributed by atoms with E-state index in [1.54, 1.807) is 19.9 Å². The van der Waals surface area contributed by atoms with E-state index in [0.29, 0.717) is 5.69 Å². The molecule has 0 spiro atoms. The van der Waals surface area contributed by atoms with Crippen molar-refractivity contribution in [1.82, 2.24) is 0 Å². The average molecular weight is 309 g/mol. The highest BCUT2D eigenvalue weighted by atomic mass is 16.5. The second kappa shape index (κ2) is 7.94. The van der Waals surface area contributed by atoms with Crippen molar-refractivity contribution >= 4 is 17.6 Å². The Balaban J connectivity index is 2.14. The molecule has 1 N–H and O–H groups in total. The normalized spacial score (nSPS) is 11.9. The van der Waals surface area contributed by atoms with Crippen LogP contribution in [0.1, 0.15) is 13.8 Å². The Morgan fingerprint density at radius 1 is 1.04 bits per heavy atom. The predicted molar refractivity (Wildman–Crippen MR) is 90.9 cm³/mol. The van der Waals surface area contributed by atoms with E-state index in [1.165, 1.54) is 6.08 Å². The van der Waals surface area contributed by atoms with Crippen LogP contribution in [0, 0.1) is 0 Å². The number of carbonyl (C=O) groups is 2. The minimum Gasteiger partial charge on any atom is -0.449 e. The molecule has 0 heterocycles. The van der Waals surface area contributed by atoms with Crippen molar-refractivity contribution in [2.45, 2.75) is 20.0 Å². The summed E-state index contributed by atoms with van der Waals surface area (Å²) in [4.78, 5) is 23.6. The molecule has 2 rings (SSSR count). The quantitative estimate of drug-likeness (QED) is 0.675. The van der Waals surface area contributed by atoms with E-state index in [1.807, 2.05) is 54.6 Å². The summed E-state index contributed by atoms with van der Waals surface area (Å²) >= 11 is 0. The zero-order chi connectivity index (χ0) is 16.7. The monoisotopic (exact) mass is 309 g/mol. The van der Waals surface area contributed by atoms with Crippen molar-refractivity contribution < 1.29 is 14.3 Å². The van der Waals surface area contributed by atoms with Gasteiger partial charge in [0.15, 0.2) is 6.10 Å². The third-order valence-electron chi connectivity index (χ3n) is 3.23. The smallest absolute Gasteiger partial charge is 0.331 e. The first kappa shape index (κ1) is 16.5. The second-order valence-corrected chi connectivity index (χ2v) is 4.98. The molecular weight excluding hydrogens is 290 g/mol. The summed E-state index contributed by atoms with van der Waals surface area (Å²) in [5.41, 5.74) is 2.59. The van der Waals surface area contributed by atoms with E-state index < -0.39 is 12.1 Å². The number of benzene rings is 2. The largest absolute Gasteiger partial charge is 0.449 e. The molecule has 118 valence electrons. The van der Waals surface area contributed by atoms with Gasteiger partial charge in [0.1, 0.15) is 0 Å². The molecule has 0 saturated carbocycles. The summed E-state index contributed by atoms with van der Waals surface area (Å²) in [6, 6.07) is 17.3. The molecule has 1 amide bonds. The first-order valence-electron chi connectivity index (χ1n) is 7.40. The topological polar surface area (TPSA) is 55.4 Å². The molecule has 0 aliphatic rings. The molecular formula is C19H19NO3. The Labute approximate surface area is 135 Å². The van der Waals surface area contributed by atoms with Gasteiger partial charge in [-0.1, -0.05) is 54.6 Å². The highest BCUT2D eigenvalue weighted by molar-refractivity contribution is 5.99. The molecule has 0 fully saturated rings. The summed E-state index contributed by atoms with van der Waals surface area (Å²) in [5.74, 6) is -0.905. The maximum atomic E-state index is 12.2. The minimum absolute atomic E-state index is 0.369. The average Bonchev–Trinajstić information content (AvgIpc) is 2.56. The maximum absolute atomic E-state index is 12.2. The molecule has 0 bridgehead atoms. The Bertz CT molecular complexity index is 708. The molecule has 4 heteroatoms. The molecule has 0 aromatic heterocycles. The van der Waals surface area contributed by atoms with Crippen LogP contribution in [-0.4, -0.2) is 18.0 Å². The van der Waals surface area contributed by atoms with Gasteiger partial charge in [0.05, 0.1) is 0 Å². The van der Waals surface area contributed by atoms with Crippen molar-refractivity contribution in [1.29, 1.82) is 0 Å². The fourth-order valence-corrected chi connectivity index (χ4v) is 2.10. The molecule has 0 saturated heterocycles. The lowest BCUT2D eigenvalue weighted by Crippen LogP contribution is -2.29. The second-order valence-electron chi connectivity index (χ2n) is 4.98. The van der Waals surface area contributed by atoms with Gasteiger partial charge in [-0.25, -0.2) is 4.79 Å². The molecule has 4 nitrogen and oxygen atoms in total. The van der Waals surface area contributed by atoms with Gasteiger partial charge in [-0.3, -0.25) is 4.79 Å². The van der Waals surface area contributed by atoms with Gasteiger partial charge < -0.3 is 10.1 Å². The minimum atomic E-state index is -0.873. The standard InChI is InChI=1S/C19H19NO3/c1-3-9-18(21)23-14(2)19(22)20-17-13-8-7-12-16(17)15-10-5-4-6-11-15/h3-14H,1-2H3,(H,20,22)/b9-3+/t14-/m0/s1. The molecule has 2 aromatic rings. The van der Waals surface area contributed by atoms with Crippen molar-refractivity contribution in [3.8, 4) is 11.1 Å². The van der Waals surface area contributed by atoms with Crippen molar-refractivity contribution in [3.05, 3.63) is 66.7 Å². The van der Waals surface area contributed by atoms with Gasteiger partial charge in [0.2, 0.25) is 0 Å². The van der Waals surface area contributed by atoms with Crippen LogP contribution in [0.25, 0.3) is 11.1 Å².